The monoisotopic (exact) mass is 418 g/mol. The zero-order valence-electron chi connectivity index (χ0n) is 16.8. The number of methoxy groups -OCH3 is 1. The van der Waals surface area contributed by atoms with Gasteiger partial charge in [0.15, 0.2) is 0 Å². The van der Waals surface area contributed by atoms with E-state index in [1.54, 1.807) is 49.6 Å². The molecule has 7 heteroatoms. The van der Waals surface area contributed by atoms with Crippen LogP contribution in [0.4, 0.5) is 5.69 Å². The minimum Gasteiger partial charge on any atom is -0.494 e. The summed E-state index contributed by atoms with van der Waals surface area (Å²) in [6, 6.07) is 11.7. The van der Waals surface area contributed by atoms with Crippen molar-refractivity contribution in [3.63, 3.8) is 0 Å². The van der Waals surface area contributed by atoms with E-state index < -0.39 is 0 Å². The highest BCUT2D eigenvalue weighted by Crippen LogP contribution is 2.24. The predicted molar refractivity (Wildman–Crippen MR) is 115 cm³/mol. The van der Waals surface area contributed by atoms with Gasteiger partial charge >= 0.3 is 0 Å². The van der Waals surface area contributed by atoms with Gasteiger partial charge in [0.2, 0.25) is 0 Å². The smallest absolute Gasteiger partial charge is 0.255 e. The van der Waals surface area contributed by atoms with Crippen LogP contribution in [0.15, 0.2) is 42.5 Å². The molecule has 0 fully saturated rings. The Balaban J connectivity index is 1.98. The molecule has 2 aromatic rings. The molecule has 0 aromatic heterocycles. The van der Waals surface area contributed by atoms with Crippen molar-refractivity contribution in [2.45, 2.75) is 26.2 Å². The molecule has 0 atom stereocenters. The lowest BCUT2D eigenvalue weighted by Gasteiger charge is -2.11. The largest absolute Gasteiger partial charge is 0.494 e. The van der Waals surface area contributed by atoms with Crippen molar-refractivity contribution in [3.05, 3.63) is 58.6 Å². The van der Waals surface area contributed by atoms with Crippen molar-refractivity contribution in [1.29, 1.82) is 0 Å². The fourth-order valence-corrected chi connectivity index (χ4v) is 2.73. The molecule has 0 radical (unpaired) electrons. The number of benzene rings is 2. The van der Waals surface area contributed by atoms with E-state index in [-0.39, 0.29) is 11.8 Å². The number of carbonyl (C=O) groups is 2. The minimum atomic E-state index is -0.318. The van der Waals surface area contributed by atoms with Gasteiger partial charge in [0, 0.05) is 24.8 Å². The summed E-state index contributed by atoms with van der Waals surface area (Å²) >= 11 is 6.18. The van der Waals surface area contributed by atoms with Crippen LogP contribution in [0, 0.1) is 0 Å². The van der Waals surface area contributed by atoms with E-state index in [0.717, 1.165) is 25.0 Å². The maximum Gasteiger partial charge on any atom is 0.255 e. The molecular weight excluding hydrogens is 392 g/mol. The Hall–Kier alpha value is -2.57. The van der Waals surface area contributed by atoms with Gasteiger partial charge in [0.05, 0.1) is 23.9 Å². The Morgan fingerprint density at radius 1 is 0.966 bits per heavy atom. The predicted octanol–water partition coefficient (Wildman–Crippen LogP) is 4.54. The molecular formula is C22H27ClN2O4. The first-order valence-electron chi connectivity index (χ1n) is 9.66. The summed E-state index contributed by atoms with van der Waals surface area (Å²) < 4.78 is 10.6. The number of carbonyl (C=O) groups excluding carboxylic acids is 2. The lowest BCUT2D eigenvalue weighted by molar-refractivity contribution is 0.0936. The van der Waals surface area contributed by atoms with E-state index in [2.05, 4.69) is 17.6 Å². The van der Waals surface area contributed by atoms with Crippen molar-refractivity contribution in [2.24, 2.45) is 0 Å². The average Bonchev–Trinajstić information content (AvgIpc) is 2.73. The van der Waals surface area contributed by atoms with Gasteiger partial charge < -0.3 is 20.1 Å². The van der Waals surface area contributed by atoms with Crippen LogP contribution in [0.1, 0.15) is 46.9 Å². The fourth-order valence-electron chi connectivity index (χ4n) is 2.57. The van der Waals surface area contributed by atoms with E-state index in [9.17, 15) is 9.59 Å². The third-order valence-corrected chi connectivity index (χ3v) is 4.53. The molecule has 0 heterocycles. The van der Waals surface area contributed by atoms with Crippen molar-refractivity contribution in [2.75, 3.05) is 32.2 Å². The van der Waals surface area contributed by atoms with Crippen molar-refractivity contribution in [3.8, 4) is 5.75 Å². The first-order chi connectivity index (χ1) is 14.0. The number of nitrogens with one attached hydrogen (secondary N) is 2. The molecule has 6 nitrogen and oxygen atoms in total. The molecule has 0 bridgehead atoms. The third kappa shape index (κ3) is 7.40. The van der Waals surface area contributed by atoms with Gasteiger partial charge in [0.1, 0.15) is 5.75 Å². The number of hydrogen-bond donors (Lipinski definition) is 2. The van der Waals surface area contributed by atoms with Crippen molar-refractivity contribution in [1.82, 2.24) is 5.32 Å². The van der Waals surface area contributed by atoms with E-state index in [1.165, 1.54) is 0 Å². The topological polar surface area (TPSA) is 76.7 Å². The van der Waals surface area contributed by atoms with E-state index in [1.807, 2.05) is 0 Å². The highest BCUT2D eigenvalue weighted by Gasteiger charge is 2.12. The Kier molecular flexibility index (Phi) is 9.47. The van der Waals surface area contributed by atoms with Gasteiger partial charge in [0.25, 0.3) is 11.8 Å². The lowest BCUT2D eigenvalue weighted by atomic mass is 10.1. The zero-order chi connectivity index (χ0) is 21.1. The van der Waals surface area contributed by atoms with Crippen LogP contribution < -0.4 is 15.4 Å². The number of amides is 2. The molecule has 0 saturated heterocycles. The van der Waals surface area contributed by atoms with Crippen LogP contribution in [0.5, 0.6) is 5.75 Å². The Bertz CT molecular complexity index is 809. The Morgan fingerprint density at radius 3 is 2.38 bits per heavy atom. The molecule has 0 aliphatic heterocycles. The summed E-state index contributed by atoms with van der Waals surface area (Å²) in [4.78, 5) is 24.7. The number of hydrogen-bond acceptors (Lipinski definition) is 4. The van der Waals surface area contributed by atoms with Gasteiger partial charge in [-0.2, -0.15) is 0 Å². The zero-order valence-corrected chi connectivity index (χ0v) is 17.6. The second-order valence-electron chi connectivity index (χ2n) is 6.48. The lowest BCUT2D eigenvalue weighted by Crippen LogP contribution is -2.27. The quantitative estimate of drug-likeness (QED) is 0.525. The van der Waals surface area contributed by atoms with Gasteiger partial charge in [-0.1, -0.05) is 31.4 Å². The van der Waals surface area contributed by atoms with Gasteiger partial charge in [-0.15, -0.1) is 0 Å². The van der Waals surface area contributed by atoms with Gasteiger partial charge in [-0.05, 0) is 48.9 Å². The molecule has 29 heavy (non-hydrogen) atoms. The summed E-state index contributed by atoms with van der Waals surface area (Å²) in [6.07, 6.45) is 3.28. The van der Waals surface area contributed by atoms with Gasteiger partial charge in [-0.25, -0.2) is 0 Å². The molecule has 0 saturated carbocycles. The number of rotatable bonds is 11. The standard InChI is InChI=1S/C22H27ClN2O4/c1-3-4-5-13-29-18-9-6-16(7-10-18)22(27)25-20-15-17(8-11-19(20)23)21(26)24-12-14-28-2/h6-11,15H,3-5,12-14H2,1-2H3,(H,24,26)(H,25,27). The maximum atomic E-state index is 12.5. The normalized spacial score (nSPS) is 10.4. The summed E-state index contributed by atoms with van der Waals surface area (Å²) in [6.45, 7) is 3.62. The van der Waals surface area contributed by atoms with E-state index >= 15 is 0 Å². The van der Waals surface area contributed by atoms with E-state index in [4.69, 9.17) is 21.1 Å². The molecule has 2 amide bonds. The summed E-state index contributed by atoms with van der Waals surface area (Å²) in [7, 11) is 1.56. The number of unbranched alkanes of at least 4 members (excludes halogenated alkanes) is 2. The fraction of sp³-hybridized carbons (Fsp3) is 0.364. The van der Waals surface area contributed by atoms with Crippen LogP contribution in [-0.2, 0) is 4.74 Å². The summed E-state index contributed by atoms with van der Waals surface area (Å²) in [5.74, 6) is 0.144. The number of ether oxygens (including phenoxy) is 2. The molecule has 0 unspecified atom stereocenters. The first-order valence-corrected chi connectivity index (χ1v) is 10.0. The Morgan fingerprint density at radius 2 is 1.69 bits per heavy atom. The van der Waals surface area contributed by atoms with E-state index in [0.29, 0.717) is 41.6 Å². The van der Waals surface area contributed by atoms with Crippen LogP contribution in [0.25, 0.3) is 0 Å². The molecule has 0 aliphatic rings. The van der Waals surface area contributed by atoms with Crippen LogP contribution in [0.3, 0.4) is 0 Å². The molecule has 0 spiro atoms. The molecule has 2 aromatic carbocycles. The van der Waals surface area contributed by atoms with Crippen LogP contribution in [0.2, 0.25) is 5.02 Å². The average molecular weight is 419 g/mol. The van der Waals surface area contributed by atoms with Crippen molar-refractivity contribution >= 4 is 29.1 Å². The molecule has 0 aliphatic carbocycles. The molecule has 156 valence electrons. The third-order valence-electron chi connectivity index (χ3n) is 4.20. The number of halogens is 1. The van der Waals surface area contributed by atoms with Crippen LogP contribution >= 0.6 is 11.6 Å². The number of anilines is 1. The highest BCUT2D eigenvalue weighted by molar-refractivity contribution is 6.34. The maximum absolute atomic E-state index is 12.5. The first kappa shape index (κ1) is 22.7. The Labute approximate surface area is 176 Å². The molecule has 2 rings (SSSR count). The summed E-state index contributed by atoms with van der Waals surface area (Å²) in [5, 5.41) is 5.83. The molecule has 2 N–H and O–H groups in total. The van der Waals surface area contributed by atoms with Crippen molar-refractivity contribution < 1.29 is 19.1 Å². The second-order valence-corrected chi connectivity index (χ2v) is 6.88. The van der Waals surface area contributed by atoms with Crippen LogP contribution in [-0.4, -0.2) is 38.7 Å². The second kappa shape index (κ2) is 12.1. The highest BCUT2D eigenvalue weighted by atomic mass is 35.5. The SMILES string of the molecule is CCCCCOc1ccc(C(=O)Nc2cc(C(=O)NCCOC)ccc2Cl)cc1. The minimum absolute atomic E-state index is 0.265. The summed E-state index contributed by atoms with van der Waals surface area (Å²) in [5.41, 5.74) is 1.24. The van der Waals surface area contributed by atoms with Gasteiger partial charge in [-0.3, -0.25) is 9.59 Å².